The van der Waals surface area contributed by atoms with E-state index in [0.717, 1.165) is 43.2 Å². The summed E-state index contributed by atoms with van der Waals surface area (Å²) in [6.45, 7) is 5.58. The second-order valence-electron chi connectivity index (χ2n) is 5.21. The van der Waals surface area contributed by atoms with E-state index >= 15 is 0 Å². The summed E-state index contributed by atoms with van der Waals surface area (Å²) in [5.41, 5.74) is 0. The topological polar surface area (TPSA) is 69.5 Å². The van der Waals surface area contributed by atoms with Crippen LogP contribution in [-0.4, -0.2) is 34.7 Å². The Bertz CT molecular complexity index is 444. The molecule has 2 rings (SSSR count). The largest absolute Gasteiger partial charge is 0.393 e. The first kappa shape index (κ1) is 18.6. The minimum atomic E-state index is -0.120. The van der Waals surface area contributed by atoms with Crippen molar-refractivity contribution < 1.29 is 5.11 Å². The van der Waals surface area contributed by atoms with Gasteiger partial charge in [-0.15, -0.1) is 35.3 Å². The summed E-state index contributed by atoms with van der Waals surface area (Å²) in [4.78, 5) is 10.1. The number of aryl methyl sites for hydroxylation is 1. The molecule has 0 spiro atoms. The van der Waals surface area contributed by atoms with Crippen molar-refractivity contribution in [2.24, 2.45) is 4.99 Å². The zero-order valence-electron chi connectivity index (χ0n) is 12.6. The van der Waals surface area contributed by atoms with Crippen LogP contribution in [0.25, 0.3) is 0 Å². The van der Waals surface area contributed by atoms with Gasteiger partial charge in [0.15, 0.2) is 5.96 Å². The SMILES string of the molecule is CCNC(=NCc1ncc(C)s1)NC1CCC(O)CC1.I. The molecule has 1 saturated carbocycles. The molecule has 120 valence electrons. The highest BCUT2D eigenvalue weighted by Gasteiger charge is 2.19. The van der Waals surface area contributed by atoms with Crippen LogP contribution in [0.2, 0.25) is 0 Å². The smallest absolute Gasteiger partial charge is 0.191 e. The van der Waals surface area contributed by atoms with Crippen LogP contribution in [-0.2, 0) is 6.54 Å². The molecule has 21 heavy (non-hydrogen) atoms. The van der Waals surface area contributed by atoms with E-state index < -0.39 is 0 Å². The van der Waals surface area contributed by atoms with Gasteiger partial charge in [0.2, 0.25) is 0 Å². The van der Waals surface area contributed by atoms with Crippen molar-refractivity contribution >= 4 is 41.3 Å². The molecule has 0 radical (unpaired) electrons. The quantitative estimate of drug-likeness (QED) is 0.395. The summed E-state index contributed by atoms with van der Waals surface area (Å²) in [6.07, 6.45) is 5.53. The molecule has 1 aromatic heterocycles. The highest BCUT2D eigenvalue weighted by atomic mass is 127. The van der Waals surface area contributed by atoms with Crippen LogP contribution < -0.4 is 10.6 Å². The van der Waals surface area contributed by atoms with Crippen molar-refractivity contribution in [3.63, 3.8) is 0 Å². The zero-order valence-corrected chi connectivity index (χ0v) is 15.8. The molecule has 0 unspecified atom stereocenters. The molecule has 0 aromatic carbocycles. The number of hydrogen-bond acceptors (Lipinski definition) is 4. The van der Waals surface area contributed by atoms with Crippen LogP contribution in [0.1, 0.15) is 42.5 Å². The Balaban J connectivity index is 0.00000220. The second-order valence-corrected chi connectivity index (χ2v) is 6.53. The number of halogens is 1. The average Bonchev–Trinajstić information content (AvgIpc) is 2.85. The lowest BCUT2D eigenvalue weighted by atomic mass is 9.93. The van der Waals surface area contributed by atoms with Gasteiger partial charge in [0.1, 0.15) is 5.01 Å². The normalized spacial score (nSPS) is 22.5. The summed E-state index contributed by atoms with van der Waals surface area (Å²) >= 11 is 1.69. The number of nitrogens with zero attached hydrogens (tertiary/aromatic N) is 2. The number of aliphatic hydroxyl groups excluding tert-OH is 1. The van der Waals surface area contributed by atoms with Gasteiger partial charge >= 0.3 is 0 Å². The summed E-state index contributed by atoms with van der Waals surface area (Å²) in [5, 5.41) is 17.3. The fourth-order valence-electron chi connectivity index (χ4n) is 2.35. The number of aliphatic hydroxyl groups is 1. The van der Waals surface area contributed by atoms with Gasteiger partial charge < -0.3 is 15.7 Å². The van der Waals surface area contributed by atoms with Crippen molar-refractivity contribution in [1.82, 2.24) is 15.6 Å². The predicted molar refractivity (Wildman–Crippen MR) is 98.5 cm³/mol. The van der Waals surface area contributed by atoms with Crippen molar-refractivity contribution in [2.45, 2.75) is 58.2 Å². The predicted octanol–water partition coefficient (Wildman–Crippen LogP) is 2.43. The Morgan fingerprint density at radius 1 is 1.43 bits per heavy atom. The van der Waals surface area contributed by atoms with Crippen LogP contribution in [0, 0.1) is 6.92 Å². The average molecular weight is 424 g/mol. The van der Waals surface area contributed by atoms with Gasteiger partial charge in [-0.3, -0.25) is 0 Å². The first-order valence-corrected chi connectivity index (χ1v) is 8.13. The van der Waals surface area contributed by atoms with Gasteiger partial charge in [0.05, 0.1) is 12.6 Å². The molecule has 0 atom stereocenters. The van der Waals surface area contributed by atoms with Gasteiger partial charge in [0, 0.05) is 23.7 Å². The molecule has 7 heteroatoms. The molecule has 1 aliphatic rings. The second kappa shape index (κ2) is 9.58. The molecule has 1 fully saturated rings. The van der Waals surface area contributed by atoms with E-state index in [0.29, 0.717) is 12.6 Å². The Morgan fingerprint density at radius 3 is 2.71 bits per heavy atom. The lowest BCUT2D eigenvalue weighted by Crippen LogP contribution is -2.45. The van der Waals surface area contributed by atoms with Gasteiger partial charge in [-0.05, 0) is 39.5 Å². The molecule has 0 saturated heterocycles. The van der Waals surface area contributed by atoms with Gasteiger partial charge in [-0.2, -0.15) is 0 Å². The number of aromatic nitrogens is 1. The van der Waals surface area contributed by atoms with Crippen molar-refractivity contribution in [3.05, 3.63) is 16.1 Å². The standard InChI is InChI=1S/C14H24N4OS.HI/c1-3-15-14(17-9-13-16-8-10(2)20-13)18-11-4-6-12(19)7-5-11;/h8,11-12,19H,3-7,9H2,1-2H3,(H2,15,17,18);1H. The highest BCUT2D eigenvalue weighted by molar-refractivity contribution is 14.0. The lowest BCUT2D eigenvalue weighted by Gasteiger charge is -2.27. The minimum Gasteiger partial charge on any atom is -0.393 e. The first-order valence-electron chi connectivity index (χ1n) is 7.31. The fraction of sp³-hybridized carbons (Fsp3) is 0.714. The molecule has 1 aromatic rings. The fourth-order valence-corrected chi connectivity index (χ4v) is 3.07. The van der Waals surface area contributed by atoms with Crippen LogP contribution >= 0.6 is 35.3 Å². The molecular weight excluding hydrogens is 399 g/mol. The maximum absolute atomic E-state index is 9.54. The highest BCUT2D eigenvalue weighted by Crippen LogP contribution is 2.18. The number of aliphatic imine (C=N–C) groups is 1. The van der Waals surface area contributed by atoms with Crippen LogP contribution in [0.4, 0.5) is 0 Å². The van der Waals surface area contributed by atoms with Crippen molar-refractivity contribution in [3.8, 4) is 0 Å². The Hall–Kier alpha value is -0.410. The van der Waals surface area contributed by atoms with Gasteiger partial charge in [-0.1, -0.05) is 0 Å². The van der Waals surface area contributed by atoms with E-state index in [4.69, 9.17) is 0 Å². The maximum atomic E-state index is 9.54. The number of nitrogens with one attached hydrogen (secondary N) is 2. The van der Waals surface area contributed by atoms with E-state index in [1.165, 1.54) is 4.88 Å². The summed E-state index contributed by atoms with van der Waals surface area (Å²) in [7, 11) is 0. The third-order valence-corrected chi connectivity index (χ3v) is 4.32. The Labute approximate surface area is 147 Å². The van der Waals surface area contributed by atoms with Gasteiger partial charge in [0.25, 0.3) is 0 Å². The van der Waals surface area contributed by atoms with Crippen molar-refractivity contribution in [1.29, 1.82) is 0 Å². The molecule has 1 aliphatic carbocycles. The lowest BCUT2D eigenvalue weighted by molar-refractivity contribution is 0.120. The number of rotatable bonds is 4. The monoisotopic (exact) mass is 424 g/mol. The first-order chi connectivity index (χ1) is 9.67. The molecule has 5 nitrogen and oxygen atoms in total. The Kier molecular flexibility index (Phi) is 8.50. The third-order valence-electron chi connectivity index (χ3n) is 3.42. The van der Waals surface area contributed by atoms with E-state index in [1.807, 2.05) is 6.20 Å². The summed E-state index contributed by atoms with van der Waals surface area (Å²) in [6, 6.07) is 0.411. The maximum Gasteiger partial charge on any atom is 0.191 e. The molecule has 0 amide bonds. The molecule has 3 N–H and O–H groups in total. The molecule has 0 aliphatic heterocycles. The summed E-state index contributed by atoms with van der Waals surface area (Å²) < 4.78 is 0. The van der Waals surface area contributed by atoms with Crippen LogP contribution in [0.3, 0.4) is 0 Å². The molecular formula is C14H25IN4OS. The number of hydrogen-bond donors (Lipinski definition) is 3. The van der Waals surface area contributed by atoms with E-state index in [-0.39, 0.29) is 30.1 Å². The zero-order chi connectivity index (χ0) is 14.4. The van der Waals surface area contributed by atoms with Gasteiger partial charge in [-0.25, -0.2) is 9.98 Å². The molecule has 1 heterocycles. The summed E-state index contributed by atoms with van der Waals surface area (Å²) in [5.74, 6) is 0.849. The molecule has 0 bridgehead atoms. The van der Waals surface area contributed by atoms with Crippen LogP contribution in [0.15, 0.2) is 11.2 Å². The van der Waals surface area contributed by atoms with E-state index in [1.54, 1.807) is 11.3 Å². The van der Waals surface area contributed by atoms with E-state index in [9.17, 15) is 5.11 Å². The van der Waals surface area contributed by atoms with E-state index in [2.05, 4.69) is 34.5 Å². The Morgan fingerprint density at radius 2 is 2.14 bits per heavy atom. The number of guanidine groups is 1. The van der Waals surface area contributed by atoms with Crippen molar-refractivity contribution in [2.75, 3.05) is 6.54 Å². The minimum absolute atomic E-state index is 0. The third kappa shape index (κ3) is 6.48. The van der Waals surface area contributed by atoms with Crippen LogP contribution in [0.5, 0.6) is 0 Å². The number of thiazole rings is 1.